The van der Waals surface area contributed by atoms with Gasteiger partial charge in [0, 0.05) is 68.9 Å². The molecule has 2 aliphatic heterocycles. The number of primary amides is 1. The Morgan fingerprint density at radius 2 is 1.51 bits per heavy atom. The number of nitrogens with zero attached hydrogens (tertiary/aromatic N) is 3. The summed E-state index contributed by atoms with van der Waals surface area (Å²) in [5, 5.41) is 1.40. The van der Waals surface area contributed by atoms with Gasteiger partial charge in [-0.05, 0) is 60.6 Å². The number of benzene rings is 2. The summed E-state index contributed by atoms with van der Waals surface area (Å²) in [6, 6.07) is 15.7. The normalized spacial score (nSPS) is 19.4. The minimum Gasteiger partial charge on any atom is -0.385 e. The van der Waals surface area contributed by atoms with Crippen molar-refractivity contribution in [2.24, 2.45) is 11.7 Å². The monoisotopic (exact) mass is 546 g/mol. The number of amides is 3. The summed E-state index contributed by atoms with van der Waals surface area (Å²) in [5.41, 5.74) is 7.72. The summed E-state index contributed by atoms with van der Waals surface area (Å²) in [7, 11) is 1.70. The molecule has 0 saturated carbocycles. The van der Waals surface area contributed by atoms with Crippen molar-refractivity contribution in [3.63, 3.8) is 0 Å². The molecule has 0 spiro atoms. The molecular formula is C28H36Cl2N4O3. The third-order valence-electron chi connectivity index (χ3n) is 7.62. The number of carbonyl (C=O) groups is 2. The van der Waals surface area contributed by atoms with Crippen molar-refractivity contribution in [1.82, 2.24) is 14.7 Å². The number of halogens is 2. The van der Waals surface area contributed by atoms with Crippen molar-refractivity contribution in [2.75, 3.05) is 46.4 Å². The van der Waals surface area contributed by atoms with Gasteiger partial charge in [0.1, 0.15) is 0 Å². The Labute approximate surface area is 229 Å². The molecule has 3 amide bonds. The van der Waals surface area contributed by atoms with E-state index in [0.29, 0.717) is 42.7 Å². The SMILES string of the molecule is COCC[C@H]1CN(C(c2ccc(Cl)cc2)c2ccc(Cl)cc2)CCN1C(=O)CC1CCN(C(N)=O)CC1. The van der Waals surface area contributed by atoms with Crippen LogP contribution in [0.1, 0.15) is 42.9 Å². The number of rotatable bonds is 8. The molecule has 0 unspecified atom stereocenters. The molecular weight excluding hydrogens is 511 g/mol. The highest BCUT2D eigenvalue weighted by molar-refractivity contribution is 6.30. The molecule has 37 heavy (non-hydrogen) atoms. The minimum absolute atomic E-state index is 0.0231. The van der Waals surface area contributed by atoms with Crippen LogP contribution in [0.3, 0.4) is 0 Å². The first-order chi connectivity index (χ1) is 17.9. The smallest absolute Gasteiger partial charge is 0.314 e. The number of piperazine rings is 1. The average Bonchev–Trinajstić information content (AvgIpc) is 2.90. The summed E-state index contributed by atoms with van der Waals surface area (Å²) >= 11 is 12.4. The molecule has 0 aromatic heterocycles. The molecule has 0 bridgehead atoms. The Balaban J connectivity index is 1.49. The Morgan fingerprint density at radius 3 is 2.03 bits per heavy atom. The average molecular weight is 548 g/mol. The van der Waals surface area contributed by atoms with Crippen LogP contribution < -0.4 is 5.73 Å². The number of methoxy groups -OCH3 is 1. The van der Waals surface area contributed by atoms with Gasteiger partial charge in [0.25, 0.3) is 0 Å². The van der Waals surface area contributed by atoms with Crippen LogP contribution in [0.25, 0.3) is 0 Å². The lowest BCUT2D eigenvalue weighted by molar-refractivity contribution is -0.138. The highest BCUT2D eigenvalue weighted by Crippen LogP contribution is 2.33. The predicted molar refractivity (Wildman–Crippen MR) is 147 cm³/mol. The van der Waals surface area contributed by atoms with E-state index in [-0.39, 0.29) is 29.9 Å². The number of hydrogen-bond acceptors (Lipinski definition) is 4. The van der Waals surface area contributed by atoms with Crippen LogP contribution in [0.4, 0.5) is 4.79 Å². The first-order valence-electron chi connectivity index (χ1n) is 12.9. The number of piperidine rings is 1. The molecule has 4 rings (SSSR count). The molecule has 2 N–H and O–H groups in total. The zero-order valence-electron chi connectivity index (χ0n) is 21.3. The van der Waals surface area contributed by atoms with Crippen molar-refractivity contribution in [1.29, 1.82) is 0 Å². The largest absolute Gasteiger partial charge is 0.385 e. The molecule has 9 heteroatoms. The lowest BCUT2D eigenvalue weighted by Crippen LogP contribution is -2.56. The first kappa shape index (κ1) is 27.7. The van der Waals surface area contributed by atoms with Crippen molar-refractivity contribution in [2.45, 2.75) is 37.8 Å². The van der Waals surface area contributed by atoms with E-state index >= 15 is 0 Å². The lowest BCUT2D eigenvalue weighted by Gasteiger charge is -2.45. The molecule has 2 fully saturated rings. The summed E-state index contributed by atoms with van der Waals surface area (Å²) in [6.07, 6.45) is 2.90. The van der Waals surface area contributed by atoms with Crippen LogP contribution in [-0.2, 0) is 9.53 Å². The predicted octanol–water partition coefficient (Wildman–Crippen LogP) is 4.81. The quantitative estimate of drug-likeness (QED) is 0.515. The maximum absolute atomic E-state index is 13.5. The minimum atomic E-state index is -0.378. The third kappa shape index (κ3) is 7.17. The van der Waals surface area contributed by atoms with E-state index < -0.39 is 0 Å². The molecule has 1 atom stereocenters. The molecule has 2 aliphatic rings. The molecule has 7 nitrogen and oxygen atoms in total. The zero-order valence-corrected chi connectivity index (χ0v) is 22.8. The van der Waals surface area contributed by atoms with Crippen LogP contribution in [0, 0.1) is 5.92 Å². The number of carbonyl (C=O) groups excluding carboxylic acids is 2. The molecule has 0 radical (unpaired) electrons. The van der Waals surface area contributed by atoms with E-state index in [2.05, 4.69) is 34.1 Å². The van der Waals surface area contributed by atoms with Crippen molar-refractivity contribution in [3.8, 4) is 0 Å². The summed E-state index contributed by atoms with van der Waals surface area (Å²) < 4.78 is 5.41. The van der Waals surface area contributed by atoms with Gasteiger partial charge in [-0.15, -0.1) is 0 Å². The van der Waals surface area contributed by atoms with Gasteiger partial charge in [0.15, 0.2) is 0 Å². The fraction of sp³-hybridized carbons (Fsp3) is 0.500. The second-order valence-electron chi connectivity index (χ2n) is 10.00. The van der Waals surface area contributed by atoms with E-state index in [0.717, 1.165) is 43.5 Å². The Kier molecular flexibility index (Phi) is 9.71. The fourth-order valence-corrected chi connectivity index (χ4v) is 5.82. The number of ether oxygens (including phenoxy) is 1. The molecule has 2 aromatic rings. The third-order valence-corrected chi connectivity index (χ3v) is 8.12. The van der Waals surface area contributed by atoms with Crippen LogP contribution in [0.15, 0.2) is 48.5 Å². The van der Waals surface area contributed by atoms with Gasteiger partial charge in [0.05, 0.1) is 6.04 Å². The number of likely N-dealkylation sites (tertiary alicyclic amines) is 1. The van der Waals surface area contributed by atoms with E-state index in [1.807, 2.05) is 24.3 Å². The van der Waals surface area contributed by atoms with E-state index in [1.165, 1.54) is 0 Å². The van der Waals surface area contributed by atoms with Gasteiger partial charge < -0.3 is 20.3 Å². The summed E-state index contributed by atoms with van der Waals surface area (Å²) in [5.74, 6) is 0.466. The van der Waals surface area contributed by atoms with Crippen LogP contribution in [0.5, 0.6) is 0 Å². The highest BCUT2D eigenvalue weighted by Gasteiger charge is 2.35. The maximum atomic E-state index is 13.5. The second-order valence-corrected chi connectivity index (χ2v) is 10.9. The maximum Gasteiger partial charge on any atom is 0.314 e. The zero-order chi connectivity index (χ0) is 26.4. The molecule has 200 valence electrons. The van der Waals surface area contributed by atoms with Crippen LogP contribution in [0.2, 0.25) is 10.0 Å². The van der Waals surface area contributed by atoms with Gasteiger partial charge in [-0.25, -0.2) is 4.79 Å². The van der Waals surface area contributed by atoms with Crippen LogP contribution in [-0.4, -0.2) is 79.1 Å². The topological polar surface area (TPSA) is 79.1 Å². The number of hydrogen-bond donors (Lipinski definition) is 1. The van der Waals surface area contributed by atoms with Gasteiger partial charge in [-0.2, -0.15) is 0 Å². The van der Waals surface area contributed by atoms with E-state index in [1.54, 1.807) is 12.0 Å². The van der Waals surface area contributed by atoms with Crippen molar-refractivity contribution >= 4 is 35.1 Å². The van der Waals surface area contributed by atoms with Gasteiger partial charge >= 0.3 is 6.03 Å². The highest BCUT2D eigenvalue weighted by atomic mass is 35.5. The van der Waals surface area contributed by atoms with Crippen LogP contribution >= 0.6 is 23.2 Å². The van der Waals surface area contributed by atoms with E-state index in [9.17, 15) is 9.59 Å². The summed E-state index contributed by atoms with van der Waals surface area (Å²) in [4.78, 5) is 31.1. The lowest BCUT2D eigenvalue weighted by atomic mass is 9.92. The standard InChI is InChI=1S/C28H36Cl2N4O3/c1-37-17-12-25-19-33(15-16-34(25)26(35)18-20-10-13-32(14-11-20)28(31)36)27(21-2-6-23(29)7-3-21)22-4-8-24(30)9-5-22/h2-9,20,25,27H,10-19H2,1H3,(H2,31,36)/t25-/m0/s1. The van der Waals surface area contributed by atoms with Gasteiger partial charge in [-0.1, -0.05) is 47.5 Å². The Bertz CT molecular complexity index is 997. The molecule has 0 aliphatic carbocycles. The summed E-state index contributed by atoms with van der Waals surface area (Å²) in [6.45, 7) is 3.99. The number of urea groups is 1. The van der Waals surface area contributed by atoms with Crippen molar-refractivity contribution < 1.29 is 14.3 Å². The second kappa shape index (κ2) is 13.0. The number of nitrogens with two attached hydrogens (primary N) is 1. The Morgan fingerprint density at radius 1 is 0.946 bits per heavy atom. The van der Waals surface area contributed by atoms with Gasteiger partial charge in [0.2, 0.25) is 5.91 Å². The van der Waals surface area contributed by atoms with Gasteiger partial charge in [-0.3, -0.25) is 9.69 Å². The fourth-order valence-electron chi connectivity index (χ4n) is 5.57. The first-order valence-corrected chi connectivity index (χ1v) is 13.7. The molecule has 2 heterocycles. The molecule has 2 aromatic carbocycles. The van der Waals surface area contributed by atoms with E-state index in [4.69, 9.17) is 33.7 Å². The Hall–Kier alpha value is -2.32. The molecule has 2 saturated heterocycles. The van der Waals surface area contributed by atoms with Crippen molar-refractivity contribution in [3.05, 3.63) is 69.7 Å².